The maximum Gasteiger partial charge on any atom is 0.227 e. The lowest BCUT2D eigenvalue weighted by molar-refractivity contribution is -0.133. The largest absolute Gasteiger partial charge is 0.353 e. The Morgan fingerprint density at radius 2 is 1.80 bits per heavy atom. The zero-order chi connectivity index (χ0) is 14.6. The van der Waals surface area contributed by atoms with Crippen LogP contribution in [0.4, 0.5) is 0 Å². The summed E-state index contributed by atoms with van der Waals surface area (Å²) >= 11 is 1.97. The first-order chi connectivity index (χ1) is 9.59. The monoisotopic (exact) mass is 298 g/mol. The molecule has 0 unspecified atom stereocenters. The summed E-state index contributed by atoms with van der Waals surface area (Å²) in [6.45, 7) is 2.79. The minimum absolute atomic E-state index is 0.236. The summed E-state index contributed by atoms with van der Waals surface area (Å²) in [5.41, 5.74) is 5.69. The van der Waals surface area contributed by atoms with E-state index in [1.165, 1.54) is 12.8 Å². The van der Waals surface area contributed by atoms with E-state index in [0.29, 0.717) is 12.6 Å². The lowest BCUT2D eigenvalue weighted by Crippen LogP contribution is -2.51. The van der Waals surface area contributed by atoms with Gasteiger partial charge >= 0.3 is 0 Å². The van der Waals surface area contributed by atoms with Crippen molar-refractivity contribution >= 4 is 17.7 Å². The third-order valence-corrected chi connectivity index (χ3v) is 6.58. The summed E-state index contributed by atoms with van der Waals surface area (Å²) in [4.78, 5) is 12.7. The number of hydrogen-bond donors (Lipinski definition) is 2. The second kappa shape index (κ2) is 7.17. The van der Waals surface area contributed by atoms with Crippen LogP contribution in [0.15, 0.2) is 0 Å². The molecular weight excluding hydrogens is 268 g/mol. The number of nitrogens with one attached hydrogen (secondary N) is 1. The van der Waals surface area contributed by atoms with Gasteiger partial charge in [0.05, 0.1) is 5.41 Å². The van der Waals surface area contributed by atoms with Crippen molar-refractivity contribution in [3.63, 3.8) is 0 Å². The summed E-state index contributed by atoms with van der Waals surface area (Å²) in [5, 5.41) is 4.11. The Kier molecular flexibility index (Phi) is 5.79. The predicted octanol–water partition coefficient (Wildman–Crippen LogP) is 2.93. The molecule has 0 atom stereocenters. The summed E-state index contributed by atoms with van der Waals surface area (Å²) in [5.74, 6) is 0.985. The van der Waals surface area contributed by atoms with Crippen LogP contribution in [-0.2, 0) is 4.79 Å². The molecule has 0 aliphatic heterocycles. The molecule has 3 nitrogen and oxygen atoms in total. The van der Waals surface area contributed by atoms with E-state index in [9.17, 15) is 4.79 Å². The number of rotatable bonds is 4. The zero-order valence-electron chi connectivity index (χ0n) is 13.0. The van der Waals surface area contributed by atoms with E-state index in [4.69, 9.17) is 5.73 Å². The maximum absolute atomic E-state index is 12.7. The van der Waals surface area contributed by atoms with Crippen molar-refractivity contribution in [2.45, 2.75) is 69.6 Å². The van der Waals surface area contributed by atoms with Gasteiger partial charge in [0.2, 0.25) is 5.91 Å². The molecule has 0 spiro atoms. The average molecular weight is 298 g/mol. The van der Waals surface area contributed by atoms with Crippen LogP contribution in [0, 0.1) is 11.3 Å². The molecule has 0 bridgehead atoms. The van der Waals surface area contributed by atoms with Gasteiger partial charge in [0.15, 0.2) is 0 Å². The predicted molar refractivity (Wildman–Crippen MR) is 86.8 cm³/mol. The first kappa shape index (κ1) is 16.2. The highest BCUT2D eigenvalue weighted by Gasteiger charge is 2.40. The zero-order valence-corrected chi connectivity index (χ0v) is 13.8. The first-order valence-corrected chi connectivity index (χ1v) is 9.42. The topological polar surface area (TPSA) is 55.1 Å². The Balaban J connectivity index is 1.87. The highest BCUT2D eigenvalue weighted by Crippen LogP contribution is 2.38. The molecule has 0 aromatic carbocycles. The van der Waals surface area contributed by atoms with Gasteiger partial charge in [0, 0.05) is 17.8 Å². The number of carbonyl (C=O) groups excluding carboxylic acids is 1. The molecule has 3 N–H and O–H groups in total. The van der Waals surface area contributed by atoms with Crippen LogP contribution in [0.2, 0.25) is 0 Å². The number of carbonyl (C=O) groups is 1. The molecule has 1 amide bonds. The van der Waals surface area contributed by atoms with E-state index < -0.39 is 0 Å². The molecule has 2 saturated carbocycles. The molecule has 2 aliphatic carbocycles. The van der Waals surface area contributed by atoms with Gasteiger partial charge in [0.25, 0.3) is 0 Å². The van der Waals surface area contributed by atoms with E-state index in [0.717, 1.165) is 49.7 Å². The van der Waals surface area contributed by atoms with E-state index in [1.54, 1.807) is 0 Å². The molecule has 0 aromatic heterocycles. The molecule has 116 valence electrons. The lowest BCUT2D eigenvalue weighted by Gasteiger charge is -2.39. The van der Waals surface area contributed by atoms with E-state index in [2.05, 4.69) is 18.5 Å². The fraction of sp³-hybridized carbons (Fsp3) is 0.938. The van der Waals surface area contributed by atoms with Crippen molar-refractivity contribution < 1.29 is 4.79 Å². The van der Waals surface area contributed by atoms with Crippen LogP contribution in [0.1, 0.15) is 58.3 Å². The fourth-order valence-electron chi connectivity index (χ4n) is 3.62. The Bertz CT molecular complexity index is 318. The van der Waals surface area contributed by atoms with Crippen molar-refractivity contribution in [3.8, 4) is 0 Å². The Morgan fingerprint density at radius 3 is 2.30 bits per heavy atom. The van der Waals surface area contributed by atoms with Crippen LogP contribution >= 0.6 is 11.8 Å². The highest BCUT2D eigenvalue weighted by atomic mass is 32.2. The molecular formula is C16H30N2OS. The van der Waals surface area contributed by atoms with Crippen molar-refractivity contribution in [2.24, 2.45) is 17.1 Å². The number of nitrogens with two attached hydrogens (primary N) is 1. The van der Waals surface area contributed by atoms with E-state index in [1.807, 2.05) is 11.8 Å². The molecule has 0 heterocycles. The smallest absolute Gasteiger partial charge is 0.227 e. The Morgan fingerprint density at radius 1 is 1.20 bits per heavy atom. The summed E-state index contributed by atoms with van der Waals surface area (Å²) in [6, 6.07) is 0.383. The summed E-state index contributed by atoms with van der Waals surface area (Å²) < 4.78 is 0. The number of hydrogen-bond acceptors (Lipinski definition) is 3. The number of thioether (sulfide) groups is 1. The van der Waals surface area contributed by atoms with Crippen molar-refractivity contribution in [2.75, 3.05) is 12.8 Å². The number of amides is 1. The van der Waals surface area contributed by atoms with Crippen molar-refractivity contribution in [3.05, 3.63) is 0 Å². The molecule has 0 radical (unpaired) electrons. The lowest BCUT2D eigenvalue weighted by atomic mass is 9.70. The summed E-state index contributed by atoms with van der Waals surface area (Å²) in [6.07, 6.45) is 11.2. The Labute approximate surface area is 127 Å². The van der Waals surface area contributed by atoms with Crippen molar-refractivity contribution in [1.82, 2.24) is 5.32 Å². The molecule has 2 rings (SSSR count). The molecule has 2 fully saturated rings. The van der Waals surface area contributed by atoms with Crippen LogP contribution in [-0.4, -0.2) is 30.0 Å². The van der Waals surface area contributed by atoms with Crippen LogP contribution in [0.25, 0.3) is 0 Å². The fourth-order valence-corrected chi connectivity index (χ4v) is 4.36. The molecule has 4 heteroatoms. The quantitative estimate of drug-likeness (QED) is 0.839. The van der Waals surface area contributed by atoms with E-state index >= 15 is 0 Å². The van der Waals surface area contributed by atoms with Crippen molar-refractivity contribution in [1.29, 1.82) is 0 Å². The molecule has 20 heavy (non-hydrogen) atoms. The van der Waals surface area contributed by atoms with Gasteiger partial charge in [0.1, 0.15) is 0 Å². The normalized spacial score (nSPS) is 38.5. The average Bonchev–Trinajstić information content (AvgIpc) is 2.49. The SMILES string of the molecule is CSC1CCC(NC(=O)C2(CN)CCC(C)CC2)CC1. The molecule has 0 saturated heterocycles. The first-order valence-electron chi connectivity index (χ1n) is 8.13. The maximum atomic E-state index is 12.7. The van der Waals surface area contributed by atoms with Crippen LogP contribution in [0.5, 0.6) is 0 Å². The third-order valence-electron chi connectivity index (χ3n) is 5.45. The third kappa shape index (κ3) is 3.70. The highest BCUT2D eigenvalue weighted by molar-refractivity contribution is 7.99. The van der Waals surface area contributed by atoms with Gasteiger partial charge in [-0.1, -0.05) is 6.92 Å². The van der Waals surface area contributed by atoms with Gasteiger partial charge in [-0.3, -0.25) is 4.79 Å². The molecule has 2 aliphatic rings. The van der Waals surface area contributed by atoms with Crippen LogP contribution < -0.4 is 11.1 Å². The second-order valence-corrected chi connectivity index (χ2v) is 7.99. The van der Waals surface area contributed by atoms with Gasteiger partial charge in [-0.25, -0.2) is 0 Å². The minimum Gasteiger partial charge on any atom is -0.353 e. The minimum atomic E-state index is -0.275. The summed E-state index contributed by atoms with van der Waals surface area (Å²) in [7, 11) is 0. The Hall–Kier alpha value is -0.220. The standard InChI is InChI=1S/C16H30N2OS/c1-12-7-9-16(11-17,10-8-12)15(19)18-13-3-5-14(20-2)6-4-13/h12-14H,3-11,17H2,1-2H3,(H,18,19). The second-order valence-electron chi connectivity index (χ2n) is 6.85. The molecule has 0 aromatic rings. The van der Waals surface area contributed by atoms with Gasteiger partial charge in [-0.05, 0) is 63.5 Å². The van der Waals surface area contributed by atoms with Gasteiger partial charge in [-0.15, -0.1) is 0 Å². The van der Waals surface area contributed by atoms with Gasteiger partial charge < -0.3 is 11.1 Å². The van der Waals surface area contributed by atoms with E-state index in [-0.39, 0.29) is 11.3 Å². The van der Waals surface area contributed by atoms with Gasteiger partial charge in [-0.2, -0.15) is 11.8 Å². The van der Waals surface area contributed by atoms with Crippen LogP contribution in [0.3, 0.4) is 0 Å².